The number of urea groups is 1. The summed E-state index contributed by atoms with van der Waals surface area (Å²) in [6.07, 6.45) is 0. The van der Waals surface area contributed by atoms with Gasteiger partial charge in [-0.1, -0.05) is 6.07 Å². The van der Waals surface area contributed by atoms with Gasteiger partial charge in [0.15, 0.2) is 0 Å². The number of hydrogen-bond donors (Lipinski definition) is 4. The van der Waals surface area contributed by atoms with E-state index in [2.05, 4.69) is 25.9 Å². The van der Waals surface area contributed by atoms with E-state index in [1.807, 2.05) is 20.8 Å². The molecule has 10 heteroatoms. The fraction of sp³-hybridized carbons (Fsp3) is 0.333. The molecule has 164 valence electrons. The first-order valence-electron chi connectivity index (χ1n) is 9.84. The number of thiophene rings is 1. The summed E-state index contributed by atoms with van der Waals surface area (Å²) in [4.78, 5) is 45.8. The minimum absolute atomic E-state index is 0.143. The average Bonchev–Trinajstić information content (AvgIpc) is 3.00. The number of hydrogen-bond acceptors (Lipinski definition) is 6. The van der Waals surface area contributed by atoms with Crippen molar-refractivity contribution in [2.75, 3.05) is 17.2 Å². The fourth-order valence-electron chi connectivity index (χ4n) is 2.90. The molecular formula is C21H25N5O3S2. The molecule has 0 bridgehead atoms. The van der Waals surface area contributed by atoms with E-state index >= 15 is 0 Å². The average molecular weight is 460 g/mol. The van der Waals surface area contributed by atoms with Crippen molar-refractivity contribution in [3.63, 3.8) is 0 Å². The molecule has 3 amide bonds. The van der Waals surface area contributed by atoms with Crippen LogP contribution in [0.3, 0.4) is 0 Å². The molecule has 1 atom stereocenters. The number of benzene rings is 1. The number of anilines is 2. The van der Waals surface area contributed by atoms with Crippen LogP contribution >= 0.6 is 23.1 Å². The number of aromatic nitrogens is 2. The molecule has 8 nitrogen and oxygen atoms in total. The minimum atomic E-state index is -0.368. The van der Waals surface area contributed by atoms with Crippen LogP contribution in [0.15, 0.2) is 29.1 Å². The molecule has 1 unspecified atom stereocenters. The molecule has 0 fully saturated rings. The Balaban J connectivity index is 1.61. The van der Waals surface area contributed by atoms with Crippen molar-refractivity contribution in [2.45, 2.75) is 38.7 Å². The van der Waals surface area contributed by atoms with Gasteiger partial charge >= 0.3 is 6.03 Å². The van der Waals surface area contributed by atoms with E-state index in [0.717, 1.165) is 15.3 Å². The van der Waals surface area contributed by atoms with Crippen molar-refractivity contribution in [1.82, 2.24) is 15.3 Å². The van der Waals surface area contributed by atoms with Crippen LogP contribution in [-0.2, 0) is 10.5 Å². The zero-order valence-electron chi connectivity index (χ0n) is 17.8. The molecule has 0 aliphatic rings. The summed E-state index contributed by atoms with van der Waals surface area (Å²) in [7, 11) is 0. The number of fused-ring (bicyclic) bond motifs is 1. The quantitative estimate of drug-likeness (QED) is 0.426. The van der Waals surface area contributed by atoms with Crippen LogP contribution in [-0.4, -0.2) is 33.7 Å². The predicted molar refractivity (Wildman–Crippen MR) is 128 cm³/mol. The maximum Gasteiger partial charge on any atom is 0.319 e. The van der Waals surface area contributed by atoms with Crippen molar-refractivity contribution in [2.24, 2.45) is 0 Å². The van der Waals surface area contributed by atoms with Gasteiger partial charge in [0.25, 0.3) is 5.56 Å². The SMILES string of the molecule is CCNC(=O)Nc1cccc(NC(=O)C(C)SCc2nc3sc(C)c(C)c3c(=O)[nH]2)c1. The number of carbonyl (C=O) groups is 2. The van der Waals surface area contributed by atoms with Crippen LogP contribution in [0.25, 0.3) is 10.2 Å². The van der Waals surface area contributed by atoms with Gasteiger partial charge in [-0.3, -0.25) is 9.59 Å². The lowest BCUT2D eigenvalue weighted by Crippen LogP contribution is -2.28. The van der Waals surface area contributed by atoms with Gasteiger partial charge in [-0.05, 0) is 51.5 Å². The lowest BCUT2D eigenvalue weighted by Gasteiger charge is -2.13. The molecule has 0 aliphatic carbocycles. The zero-order valence-corrected chi connectivity index (χ0v) is 19.4. The number of carbonyl (C=O) groups excluding carboxylic acids is 2. The zero-order chi connectivity index (χ0) is 22.5. The molecule has 31 heavy (non-hydrogen) atoms. The second-order valence-corrected chi connectivity index (χ2v) is 9.52. The first kappa shape index (κ1) is 22.8. The monoisotopic (exact) mass is 459 g/mol. The summed E-state index contributed by atoms with van der Waals surface area (Å²) < 4.78 is 0. The molecule has 0 spiro atoms. The van der Waals surface area contributed by atoms with Gasteiger partial charge in [-0.15, -0.1) is 23.1 Å². The van der Waals surface area contributed by atoms with Crippen molar-refractivity contribution in [3.05, 3.63) is 50.9 Å². The largest absolute Gasteiger partial charge is 0.338 e. The topological polar surface area (TPSA) is 116 Å². The normalized spacial score (nSPS) is 11.9. The van der Waals surface area contributed by atoms with E-state index in [9.17, 15) is 14.4 Å². The first-order valence-corrected chi connectivity index (χ1v) is 11.7. The Morgan fingerprint density at radius 1 is 1.23 bits per heavy atom. The van der Waals surface area contributed by atoms with Gasteiger partial charge < -0.3 is 20.9 Å². The van der Waals surface area contributed by atoms with E-state index in [1.54, 1.807) is 31.2 Å². The van der Waals surface area contributed by atoms with Crippen LogP contribution < -0.4 is 21.5 Å². The molecule has 0 saturated heterocycles. The maximum atomic E-state index is 12.6. The smallest absolute Gasteiger partial charge is 0.319 e. The van der Waals surface area contributed by atoms with Gasteiger partial charge in [0.1, 0.15) is 10.7 Å². The highest BCUT2D eigenvalue weighted by Crippen LogP contribution is 2.26. The van der Waals surface area contributed by atoms with E-state index < -0.39 is 0 Å². The standard InChI is InChI=1S/C21H25N5O3S2/c1-5-22-21(29)24-15-8-6-7-14(9-15)23-18(27)13(4)30-10-16-25-19(28)17-11(2)12(3)31-20(17)26-16/h6-9,13H,5,10H2,1-4H3,(H,23,27)(H2,22,24,29)(H,25,26,28). The second kappa shape index (κ2) is 9.97. The van der Waals surface area contributed by atoms with E-state index in [4.69, 9.17) is 0 Å². The van der Waals surface area contributed by atoms with Crippen molar-refractivity contribution in [3.8, 4) is 0 Å². The molecular weight excluding hydrogens is 434 g/mol. The van der Waals surface area contributed by atoms with Crippen LogP contribution in [0.4, 0.5) is 16.2 Å². The Kier molecular flexibility index (Phi) is 7.34. The molecule has 3 aromatic rings. The van der Waals surface area contributed by atoms with Crippen molar-refractivity contribution >= 4 is 56.6 Å². The fourth-order valence-corrected chi connectivity index (χ4v) is 4.71. The van der Waals surface area contributed by atoms with Crippen LogP contribution in [0.2, 0.25) is 0 Å². The van der Waals surface area contributed by atoms with Gasteiger partial charge in [-0.2, -0.15) is 0 Å². The molecule has 0 aliphatic heterocycles. The van der Waals surface area contributed by atoms with E-state index in [-0.39, 0.29) is 22.7 Å². The number of aryl methyl sites for hydroxylation is 2. The van der Waals surface area contributed by atoms with Gasteiger partial charge in [0.05, 0.1) is 16.4 Å². The predicted octanol–water partition coefficient (Wildman–Crippen LogP) is 4.00. The number of rotatable bonds is 7. The molecule has 4 N–H and O–H groups in total. The summed E-state index contributed by atoms with van der Waals surface area (Å²) in [6, 6.07) is 6.65. The third kappa shape index (κ3) is 5.65. The highest BCUT2D eigenvalue weighted by molar-refractivity contribution is 7.99. The number of nitrogens with one attached hydrogen (secondary N) is 4. The molecule has 2 heterocycles. The summed E-state index contributed by atoms with van der Waals surface area (Å²) in [5, 5.41) is 8.49. The highest BCUT2D eigenvalue weighted by atomic mass is 32.2. The number of H-pyrrole nitrogens is 1. The van der Waals surface area contributed by atoms with Crippen LogP contribution in [0.5, 0.6) is 0 Å². The van der Waals surface area contributed by atoms with Crippen molar-refractivity contribution in [1.29, 1.82) is 0 Å². The molecule has 3 rings (SSSR count). The van der Waals surface area contributed by atoms with E-state index in [0.29, 0.717) is 34.9 Å². The molecule has 0 radical (unpaired) electrons. The summed E-state index contributed by atoms with van der Waals surface area (Å²) in [5.74, 6) is 0.789. The lowest BCUT2D eigenvalue weighted by molar-refractivity contribution is -0.115. The van der Waals surface area contributed by atoms with E-state index in [1.165, 1.54) is 23.1 Å². The Morgan fingerprint density at radius 2 is 1.94 bits per heavy atom. The number of nitrogens with zero attached hydrogens (tertiary/aromatic N) is 1. The molecule has 2 aromatic heterocycles. The summed E-state index contributed by atoms with van der Waals surface area (Å²) >= 11 is 2.89. The molecule has 1 aromatic carbocycles. The lowest BCUT2D eigenvalue weighted by atomic mass is 10.2. The number of aromatic amines is 1. The maximum absolute atomic E-state index is 12.6. The summed E-state index contributed by atoms with van der Waals surface area (Å²) in [5.41, 5.74) is 1.99. The van der Waals surface area contributed by atoms with Crippen LogP contribution in [0, 0.1) is 13.8 Å². The number of thioether (sulfide) groups is 1. The van der Waals surface area contributed by atoms with Gasteiger partial charge in [-0.25, -0.2) is 9.78 Å². The Morgan fingerprint density at radius 3 is 2.65 bits per heavy atom. The third-order valence-corrected chi connectivity index (χ3v) is 6.91. The number of amides is 3. The van der Waals surface area contributed by atoms with Gasteiger partial charge in [0.2, 0.25) is 5.91 Å². The van der Waals surface area contributed by atoms with Crippen LogP contribution in [0.1, 0.15) is 30.1 Å². The molecule has 0 saturated carbocycles. The van der Waals surface area contributed by atoms with Gasteiger partial charge in [0, 0.05) is 22.8 Å². The third-order valence-electron chi connectivity index (χ3n) is 4.65. The second-order valence-electron chi connectivity index (χ2n) is 6.98. The van der Waals surface area contributed by atoms with Crippen molar-refractivity contribution < 1.29 is 9.59 Å². The Hall–Kier alpha value is -2.85. The minimum Gasteiger partial charge on any atom is -0.338 e. The summed E-state index contributed by atoms with van der Waals surface area (Å²) in [6.45, 7) is 8.05. The Labute approximate surface area is 188 Å². The Bertz CT molecular complexity index is 1170. The first-order chi connectivity index (χ1) is 14.8. The highest BCUT2D eigenvalue weighted by Gasteiger charge is 2.16.